The average molecular weight is 681 g/mol. The van der Waals surface area contributed by atoms with Gasteiger partial charge in [-0.25, -0.2) is 0 Å². The zero-order valence-corrected chi connectivity index (χ0v) is 32.9. The summed E-state index contributed by atoms with van der Waals surface area (Å²) < 4.78 is 36.1. The van der Waals surface area contributed by atoms with Crippen molar-refractivity contribution in [2.75, 3.05) is 0 Å². The minimum Gasteiger partial charge on any atom is -1.00 e. The van der Waals surface area contributed by atoms with Crippen molar-refractivity contribution in [2.24, 2.45) is 47.3 Å². The second kappa shape index (κ2) is 14.5. The van der Waals surface area contributed by atoms with Crippen LogP contribution in [0, 0.1) is 47.3 Å². The van der Waals surface area contributed by atoms with Gasteiger partial charge >= 0.3 is 59.1 Å². The Morgan fingerprint density at radius 3 is 0.957 bits per heavy atom. The fourth-order valence-electron chi connectivity index (χ4n) is 12.3. The Hall–Kier alpha value is 1.59. The molecule has 14 heteroatoms. The molecule has 5 saturated heterocycles. The van der Waals surface area contributed by atoms with Crippen LogP contribution in [0.25, 0.3) is 0 Å². The quantitative estimate of drug-likeness (QED) is 0.0979. The standard InChI is InChI=1S/C32H56N8O3S.2Na.2H/c41-44(42,43)23-15-7-14-22-24(23)32-39-30-21-13-6-5-12-20(21)28(37-30)35-26-17-9-2-1-8-16(17)25(33-26)34-27-18-10-3-4-11-19(18)29(36-27)38-31(22)40-32;;;;/h16-40H,1-15H2,(H,41,42,43);;;;/q;2*+1;2*-1. The van der Waals surface area contributed by atoms with Crippen molar-refractivity contribution in [3.63, 3.8) is 0 Å². The van der Waals surface area contributed by atoms with Gasteiger partial charge in [0.1, 0.15) is 0 Å². The first-order valence-electron chi connectivity index (χ1n) is 18.5. The van der Waals surface area contributed by atoms with Crippen LogP contribution in [0.15, 0.2) is 0 Å². The number of rotatable bonds is 1. The van der Waals surface area contributed by atoms with Gasteiger partial charge in [-0.05, 0) is 92.8 Å². The summed E-state index contributed by atoms with van der Waals surface area (Å²) in [5, 5.41) is 31.8. The van der Waals surface area contributed by atoms with E-state index in [1.807, 2.05) is 0 Å². The smallest absolute Gasteiger partial charge is 1.00 e. The van der Waals surface area contributed by atoms with Crippen LogP contribution >= 0.6 is 0 Å². The van der Waals surface area contributed by atoms with Crippen LogP contribution in [0.1, 0.15) is 99.2 Å². The van der Waals surface area contributed by atoms with Crippen molar-refractivity contribution in [1.29, 1.82) is 0 Å². The molecule has 5 heterocycles. The Bertz CT molecular complexity index is 1200. The largest absolute Gasteiger partial charge is 1.00 e. The van der Waals surface area contributed by atoms with E-state index < -0.39 is 15.4 Å². The molecule has 11 nitrogen and oxygen atoms in total. The van der Waals surface area contributed by atoms with Crippen LogP contribution in [0.3, 0.4) is 0 Å². The van der Waals surface area contributed by atoms with E-state index in [0.29, 0.717) is 54.3 Å². The molecule has 9 fully saturated rings. The summed E-state index contributed by atoms with van der Waals surface area (Å²) >= 11 is 0. The molecule has 4 aliphatic carbocycles. The summed E-state index contributed by atoms with van der Waals surface area (Å²) in [7, 11) is -4.16. The third-order valence-electron chi connectivity index (χ3n) is 14.2. The molecule has 8 bridgehead atoms. The van der Waals surface area contributed by atoms with Gasteiger partial charge in [0.2, 0.25) is 0 Å². The fraction of sp³-hybridized carbons (Fsp3) is 1.00. The minimum absolute atomic E-state index is 0. The van der Waals surface area contributed by atoms with E-state index in [0.717, 1.165) is 12.8 Å². The maximum absolute atomic E-state index is 12.8. The maximum atomic E-state index is 12.8. The fourth-order valence-corrected chi connectivity index (χ4v) is 13.6. The van der Waals surface area contributed by atoms with Crippen LogP contribution in [0.5, 0.6) is 0 Å². The number of nitrogens with one attached hydrogen (secondary N) is 8. The molecule has 0 radical (unpaired) electrons. The monoisotopic (exact) mass is 680 g/mol. The van der Waals surface area contributed by atoms with E-state index in [4.69, 9.17) is 0 Å². The van der Waals surface area contributed by atoms with Crippen LogP contribution < -0.4 is 102 Å². The van der Waals surface area contributed by atoms with E-state index in [1.54, 1.807) is 0 Å². The zero-order valence-electron chi connectivity index (χ0n) is 30.1. The Balaban J connectivity index is 0.00000113. The summed E-state index contributed by atoms with van der Waals surface area (Å²) in [5.74, 6) is 3.50. The Kier molecular flexibility index (Phi) is 11.4. The second-order valence-corrected chi connectivity index (χ2v) is 17.9. The van der Waals surface area contributed by atoms with Gasteiger partial charge in [0.25, 0.3) is 10.1 Å². The first kappa shape index (κ1) is 36.0. The van der Waals surface area contributed by atoms with Gasteiger partial charge in [0.05, 0.1) is 54.6 Å². The molecule has 0 aromatic carbocycles. The molecule has 5 aliphatic heterocycles. The van der Waals surface area contributed by atoms with Crippen molar-refractivity contribution >= 4 is 10.1 Å². The Labute approximate surface area is 323 Å². The molecular weight excluding hydrogens is 622 g/mol. The molecule has 4 saturated carbocycles. The van der Waals surface area contributed by atoms with Gasteiger partial charge < -0.3 is 2.85 Å². The van der Waals surface area contributed by atoms with Crippen molar-refractivity contribution in [3.8, 4) is 0 Å². The van der Waals surface area contributed by atoms with Gasteiger partial charge in [0.15, 0.2) is 0 Å². The second-order valence-electron chi connectivity index (χ2n) is 16.2. The van der Waals surface area contributed by atoms with Crippen molar-refractivity contribution < 1.29 is 74.9 Å². The summed E-state index contributed by atoms with van der Waals surface area (Å²) in [5.41, 5.74) is 0. The van der Waals surface area contributed by atoms with Crippen molar-refractivity contribution in [3.05, 3.63) is 0 Å². The molecule has 46 heavy (non-hydrogen) atoms. The molecule has 0 aromatic heterocycles. The van der Waals surface area contributed by atoms with Gasteiger partial charge in [-0.2, -0.15) is 8.42 Å². The third-order valence-corrected chi connectivity index (χ3v) is 15.5. The topological polar surface area (TPSA) is 151 Å². The summed E-state index contributed by atoms with van der Waals surface area (Å²) in [4.78, 5) is 0. The van der Waals surface area contributed by atoms with E-state index in [1.165, 1.54) is 77.0 Å². The molecule has 0 spiro atoms. The van der Waals surface area contributed by atoms with Crippen LogP contribution in [0.4, 0.5) is 0 Å². The molecule has 17 atom stereocenters. The molecular formula is C32H58N8Na2O3S. The Morgan fingerprint density at radius 2 is 0.652 bits per heavy atom. The third kappa shape index (κ3) is 6.45. The summed E-state index contributed by atoms with van der Waals surface area (Å²) in [6.07, 6.45) is 18.9. The van der Waals surface area contributed by atoms with Crippen molar-refractivity contribution in [1.82, 2.24) is 42.5 Å². The molecule has 9 rings (SSSR count). The first-order chi connectivity index (χ1) is 21.4. The van der Waals surface area contributed by atoms with E-state index in [2.05, 4.69) is 42.5 Å². The van der Waals surface area contributed by atoms with Gasteiger partial charge in [-0.3, -0.25) is 47.1 Å². The molecule has 0 aromatic rings. The first-order valence-corrected chi connectivity index (χ1v) is 20.0. The molecule has 17 unspecified atom stereocenters. The molecule has 0 amide bonds. The van der Waals surface area contributed by atoms with E-state index >= 15 is 0 Å². The number of hydrogen-bond acceptors (Lipinski definition) is 10. The number of hydrogen-bond donors (Lipinski definition) is 9. The van der Waals surface area contributed by atoms with Crippen LogP contribution in [-0.4, -0.2) is 67.5 Å². The predicted octanol–water partition coefficient (Wildman–Crippen LogP) is -4.30. The van der Waals surface area contributed by atoms with E-state index in [9.17, 15) is 13.0 Å². The normalized spacial score (nSPS) is 53.1. The summed E-state index contributed by atoms with van der Waals surface area (Å²) in [6.45, 7) is 0. The molecule has 9 aliphatic rings. The predicted molar refractivity (Wildman–Crippen MR) is 170 cm³/mol. The average Bonchev–Trinajstić information content (AvgIpc) is 3.76. The van der Waals surface area contributed by atoms with Gasteiger partial charge in [0, 0.05) is 5.92 Å². The minimum atomic E-state index is -4.16. The van der Waals surface area contributed by atoms with E-state index in [-0.39, 0.29) is 111 Å². The SMILES string of the molecule is O=S(=O)(O)C1CCCC2C3NC4NC(NC5NC(NC6NC(NC(N3)C21)C1CCCCC61)C1CCCCC51)C1CCCCC41.[H-].[H-].[Na+].[Na+]. The zero-order chi connectivity index (χ0) is 29.6. The van der Waals surface area contributed by atoms with Gasteiger partial charge in [-0.15, -0.1) is 0 Å². The Morgan fingerprint density at radius 1 is 0.391 bits per heavy atom. The molecule has 9 N–H and O–H groups in total. The van der Waals surface area contributed by atoms with Crippen LogP contribution in [0.2, 0.25) is 0 Å². The van der Waals surface area contributed by atoms with Crippen LogP contribution in [-0.2, 0) is 10.1 Å². The van der Waals surface area contributed by atoms with Gasteiger partial charge in [-0.1, -0.05) is 44.9 Å². The maximum Gasteiger partial charge on any atom is 1.00 e. The molecule has 252 valence electrons. The van der Waals surface area contributed by atoms with Crippen molar-refractivity contribution in [2.45, 2.75) is 151 Å². The number of fused-ring (bicyclic) bond motifs is 20. The summed E-state index contributed by atoms with van der Waals surface area (Å²) in [6, 6.07) is 0.